The van der Waals surface area contributed by atoms with Crippen molar-refractivity contribution in [2.24, 2.45) is 0 Å². The molecule has 0 spiro atoms. The van der Waals surface area contributed by atoms with Gasteiger partial charge in [-0.2, -0.15) is 0 Å². The Hall–Kier alpha value is -3.39. The number of rotatable bonds is 12. The minimum Gasteiger partial charge on any atom is -0.396 e. The lowest BCUT2D eigenvalue weighted by Gasteiger charge is -2.24. The van der Waals surface area contributed by atoms with Crippen LogP contribution in [0.2, 0.25) is 0 Å². The molecule has 3 atom stereocenters. The van der Waals surface area contributed by atoms with Crippen molar-refractivity contribution in [1.82, 2.24) is 24.4 Å². The van der Waals surface area contributed by atoms with E-state index in [-0.39, 0.29) is 24.6 Å². The number of aliphatic hydroxyl groups is 1. The summed E-state index contributed by atoms with van der Waals surface area (Å²) in [5.74, 6) is 6.82. The van der Waals surface area contributed by atoms with Gasteiger partial charge in [0.25, 0.3) is 5.91 Å². The Morgan fingerprint density at radius 2 is 1.98 bits per heavy atom. The third-order valence-corrected chi connectivity index (χ3v) is 9.89. The molecule has 2 aromatic carbocycles. The van der Waals surface area contributed by atoms with Gasteiger partial charge < -0.3 is 10.4 Å². The Kier molecular flexibility index (Phi) is 11.5. The van der Waals surface area contributed by atoms with E-state index in [0.29, 0.717) is 36.7 Å². The van der Waals surface area contributed by atoms with Gasteiger partial charge in [-0.05, 0) is 62.7 Å². The highest BCUT2D eigenvalue weighted by Crippen LogP contribution is 2.42. The van der Waals surface area contributed by atoms with Crippen LogP contribution < -0.4 is 5.32 Å². The number of aliphatic hydroxyl groups excluding tert-OH is 1. The topological polar surface area (TPSA) is 89.0 Å². The number of fused-ring (bicyclic) bond motifs is 1. The van der Waals surface area contributed by atoms with Crippen molar-refractivity contribution >= 4 is 16.9 Å². The summed E-state index contributed by atoms with van der Waals surface area (Å²) in [6, 6.07) is 20.0. The minimum absolute atomic E-state index is 0.0372. The first-order valence-corrected chi connectivity index (χ1v) is 17.2. The number of aromatic nitrogens is 1. The molecule has 0 bridgehead atoms. The summed E-state index contributed by atoms with van der Waals surface area (Å²) in [7, 11) is 2.76. The molecule has 0 saturated carbocycles. The van der Waals surface area contributed by atoms with Crippen LogP contribution in [0.15, 0.2) is 60.7 Å². The van der Waals surface area contributed by atoms with Gasteiger partial charge in [0.05, 0.1) is 29.3 Å². The molecular formula is C36H45N5O3S. The fourth-order valence-corrected chi connectivity index (χ4v) is 7.67. The Morgan fingerprint density at radius 3 is 2.73 bits per heavy atom. The molecule has 1 unspecified atom stereocenters. The van der Waals surface area contributed by atoms with Crippen molar-refractivity contribution in [3.63, 3.8) is 0 Å². The Labute approximate surface area is 270 Å². The predicted octanol–water partition coefficient (Wildman–Crippen LogP) is 4.37. The van der Waals surface area contributed by atoms with E-state index in [2.05, 4.69) is 53.2 Å². The Balaban J connectivity index is 1.45. The number of amides is 1. The first-order valence-electron chi connectivity index (χ1n) is 16.0. The molecule has 2 N–H and O–H groups in total. The molecule has 1 fully saturated rings. The monoisotopic (exact) mass is 627 g/mol. The SMILES string of the molecule is CCCCS(=O)N1Cc2cc(C(=O)N[C@H]3CCN(Cc4ccccc4)C3)nc(-c3cccc(C#CCN(C)C)c3)c2[C@H]1CCO. The van der Waals surface area contributed by atoms with Crippen LogP contribution in [0.5, 0.6) is 0 Å². The molecule has 2 aliphatic heterocycles. The number of nitrogens with one attached hydrogen (secondary N) is 1. The van der Waals surface area contributed by atoms with Crippen LogP contribution in [-0.4, -0.2) is 86.4 Å². The highest BCUT2D eigenvalue weighted by Gasteiger charge is 2.37. The maximum atomic E-state index is 13.8. The van der Waals surface area contributed by atoms with Gasteiger partial charge in [0.15, 0.2) is 0 Å². The molecular weight excluding hydrogens is 582 g/mol. The summed E-state index contributed by atoms with van der Waals surface area (Å²) in [5, 5.41) is 13.3. The molecule has 45 heavy (non-hydrogen) atoms. The number of benzene rings is 2. The van der Waals surface area contributed by atoms with Crippen LogP contribution >= 0.6 is 0 Å². The van der Waals surface area contributed by atoms with E-state index in [4.69, 9.17) is 4.98 Å². The van der Waals surface area contributed by atoms with Gasteiger partial charge in [0, 0.05) is 61.3 Å². The van der Waals surface area contributed by atoms with Crippen molar-refractivity contribution in [3.8, 4) is 23.1 Å². The number of pyridine rings is 1. The molecule has 3 aromatic rings. The quantitative estimate of drug-likeness (QED) is 0.290. The second kappa shape index (κ2) is 15.7. The summed E-state index contributed by atoms with van der Waals surface area (Å²) in [5.41, 5.74) is 5.92. The maximum absolute atomic E-state index is 13.8. The van der Waals surface area contributed by atoms with E-state index in [1.54, 1.807) is 0 Å². The molecule has 0 aliphatic carbocycles. The largest absolute Gasteiger partial charge is 0.396 e. The zero-order valence-electron chi connectivity index (χ0n) is 26.7. The summed E-state index contributed by atoms with van der Waals surface area (Å²) in [6.45, 7) is 5.72. The fourth-order valence-electron chi connectivity index (χ4n) is 6.12. The van der Waals surface area contributed by atoms with Crippen LogP contribution in [0.3, 0.4) is 0 Å². The molecule has 1 aromatic heterocycles. The van der Waals surface area contributed by atoms with Gasteiger partial charge >= 0.3 is 0 Å². The Bertz CT molecular complexity index is 1550. The molecule has 0 radical (unpaired) electrons. The van der Waals surface area contributed by atoms with E-state index < -0.39 is 11.0 Å². The van der Waals surface area contributed by atoms with Crippen LogP contribution in [0.4, 0.5) is 0 Å². The summed E-state index contributed by atoms with van der Waals surface area (Å²) >= 11 is 0. The standard InChI is InChI=1S/C36H45N5O3S/c1-4-5-21-45(44)41-25-30-23-32(36(43)37-31-16-19-40(26-31)24-28-11-7-6-8-12-28)38-35(34(30)33(41)17-20-42)29-15-9-13-27(22-29)14-10-18-39(2)3/h6-9,11-13,15,22-23,31,33,42H,4-5,16-21,24-26H2,1-3H3,(H,37,43)/t31-,33+,45?/m0/s1. The smallest absolute Gasteiger partial charge is 0.270 e. The van der Waals surface area contributed by atoms with Crippen molar-refractivity contribution in [1.29, 1.82) is 0 Å². The van der Waals surface area contributed by atoms with Crippen LogP contribution in [0.25, 0.3) is 11.3 Å². The van der Waals surface area contributed by atoms with E-state index in [9.17, 15) is 14.1 Å². The zero-order valence-corrected chi connectivity index (χ0v) is 27.5. The van der Waals surface area contributed by atoms with Crippen LogP contribution in [0, 0.1) is 11.8 Å². The van der Waals surface area contributed by atoms with Crippen LogP contribution in [0.1, 0.15) is 71.4 Å². The van der Waals surface area contributed by atoms with E-state index in [1.807, 2.05) is 59.7 Å². The average molecular weight is 628 g/mol. The van der Waals surface area contributed by atoms with Crippen molar-refractivity contribution in [3.05, 3.63) is 88.6 Å². The van der Waals surface area contributed by atoms with Gasteiger partial charge in [-0.25, -0.2) is 13.5 Å². The lowest BCUT2D eigenvalue weighted by Crippen LogP contribution is -2.37. The highest BCUT2D eigenvalue weighted by molar-refractivity contribution is 7.82. The minimum atomic E-state index is -1.21. The first kappa shape index (κ1) is 33.0. The lowest BCUT2D eigenvalue weighted by atomic mass is 9.95. The highest BCUT2D eigenvalue weighted by atomic mass is 32.2. The molecule has 3 heterocycles. The normalized spacial score (nSPS) is 18.9. The fraction of sp³-hybridized carbons (Fsp3) is 0.444. The third kappa shape index (κ3) is 8.46. The van der Waals surface area contributed by atoms with Gasteiger partial charge in [-0.1, -0.05) is 67.6 Å². The van der Waals surface area contributed by atoms with E-state index >= 15 is 0 Å². The first-order chi connectivity index (χ1) is 21.9. The van der Waals surface area contributed by atoms with Crippen molar-refractivity contribution in [2.45, 2.75) is 57.8 Å². The van der Waals surface area contributed by atoms with Gasteiger partial charge in [-0.15, -0.1) is 0 Å². The number of nitrogens with zero attached hydrogens (tertiary/aromatic N) is 4. The van der Waals surface area contributed by atoms with Crippen molar-refractivity contribution < 1.29 is 14.1 Å². The number of unbranched alkanes of at least 4 members (excludes halogenated alkanes) is 1. The number of hydrogen-bond donors (Lipinski definition) is 2. The lowest BCUT2D eigenvalue weighted by molar-refractivity contribution is 0.0932. The van der Waals surface area contributed by atoms with Gasteiger partial charge in [-0.3, -0.25) is 14.6 Å². The van der Waals surface area contributed by atoms with E-state index in [0.717, 1.165) is 61.2 Å². The second-order valence-electron chi connectivity index (χ2n) is 12.2. The van der Waals surface area contributed by atoms with Gasteiger partial charge in [0.2, 0.25) is 0 Å². The second-order valence-corrected chi connectivity index (χ2v) is 13.7. The zero-order chi connectivity index (χ0) is 31.8. The summed E-state index contributed by atoms with van der Waals surface area (Å²) in [4.78, 5) is 23.1. The average Bonchev–Trinajstić information content (AvgIpc) is 3.64. The predicted molar refractivity (Wildman–Crippen MR) is 181 cm³/mol. The number of carbonyl (C=O) groups is 1. The molecule has 238 valence electrons. The summed E-state index contributed by atoms with van der Waals surface area (Å²) in [6.07, 6.45) is 3.14. The molecule has 8 nitrogen and oxygen atoms in total. The van der Waals surface area contributed by atoms with E-state index in [1.165, 1.54) is 5.56 Å². The molecule has 1 saturated heterocycles. The molecule has 9 heteroatoms. The maximum Gasteiger partial charge on any atom is 0.270 e. The molecule has 2 aliphatic rings. The summed E-state index contributed by atoms with van der Waals surface area (Å²) < 4.78 is 15.4. The van der Waals surface area contributed by atoms with Crippen molar-refractivity contribution in [2.75, 3.05) is 46.1 Å². The molecule has 1 amide bonds. The van der Waals surface area contributed by atoms with Gasteiger partial charge in [0.1, 0.15) is 5.69 Å². The number of carbonyl (C=O) groups excluding carboxylic acids is 1. The third-order valence-electron chi connectivity index (χ3n) is 8.34. The molecule has 5 rings (SSSR count). The van der Waals surface area contributed by atoms with Crippen LogP contribution in [-0.2, 0) is 24.1 Å². The number of likely N-dealkylation sites (tertiary alicyclic amines) is 1. The Morgan fingerprint density at radius 1 is 1.16 bits per heavy atom. The number of hydrogen-bond acceptors (Lipinski definition) is 6.